The third kappa shape index (κ3) is 4.90. The predicted molar refractivity (Wildman–Crippen MR) is 116 cm³/mol. The van der Waals surface area contributed by atoms with Crippen molar-refractivity contribution in [2.45, 2.75) is 40.3 Å². The molecule has 0 saturated carbocycles. The van der Waals surface area contributed by atoms with Crippen LogP contribution in [0.4, 0.5) is 4.39 Å². The number of aromatic nitrogens is 2. The lowest BCUT2D eigenvalue weighted by Gasteiger charge is -2.25. The first-order valence-electron chi connectivity index (χ1n) is 9.69. The SMILES string of the molecule is CCCn1c(CN(CC(C)C)C(=O)c2ccc(F)c(Cl)c2)nc2ccc(Cl)cc21. The Kier molecular flexibility index (Phi) is 6.81. The molecule has 4 nitrogen and oxygen atoms in total. The zero-order valence-electron chi connectivity index (χ0n) is 16.8. The molecule has 0 saturated heterocycles. The van der Waals surface area contributed by atoms with Crippen molar-refractivity contribution in [3.05, 3.63) is 63.6 Å². The number of nitrogens with zero attached hydrogens (tertiary/aromatic N) is 3. The summed E-state index contributed by atoms with van der Waals surface area (Å²) in [5.74, 6) is 0.314. The molecule has 29 heavy (non-hydrogen) atoms. The zero-order chi connectivity index (χ0) is 21.1. The molecule has 0 unspecified atom stereocenters. The third-order valence-electron chi connectivity index (χ3n) is 4.61. The molecule has 2 aromatic carbocycles. The lowest BCUT2D eigenvalue weighted by atomic mass is 10.1. The van der Waals surface area contributed by atoms with Crippen LogP contribution in [-0.4, -0.2) is 26.9 Å². The highest BCUT2D eigenvalue weighted by atomic mass is 35.5. The molecule has 1 heterocycles. The van der Waals surface area contributed by atoms with Crippen molar-refractivity contribution < 1.29 is 9.18 Å². The van der Waals surface area contributed by atoms with Gasteiger partial charge in [0.25, 0.3) is 5.91 Å². The molecule has 3 aromatic rings. The molecular formula is C22H24Cl2FN3O. The molecule has 1 amide bonds. The van der Waals surface area contributed by atoms with Crippen molar-refractivity contribution in [1.29, 1.82) is 0 Å². The Morgan fingerprint density at radius 2 is 1.97 bits per heavy atom. The average molecular weight is 436 g/mol. The first-order chi connectivity index (χ1) is 13.8. The number of carbonyl (C=O) groups excluding carboxylic acids is 1. The number of aryl methyl sites for hydroxylation is 1. The summed E-state index contributed by atoms with van der Waals surface area (Å²) in [6, 6.07) is 9.66. The van der Waals surface area contributed by atoms with E-state index in [0.717, 1.165) is 29.8 Å². The second-order valence-corrected chi connectivity index (χ2v) is 8.36. The molecule has 154 valence electrons. The van der Waals surface area contributed by atoms with E-state index >= 15 is 0 Å². The highest BCUT2D eigenvalue weighted by molar-refractivity contribution is 6.31. The van der Waals surface area contributed by atoms with E-state index in [1.54, 1.807) is 4.90 Å². The van der Waals surface area contributed by atoms with Gasteiger partial charge in [0.05, 0.1) is 22.6 Å². The van der Waals surface area contributed by atoms with Gasteiger partial charge < -0.3 is 9.47 Å². The highest BCUT2D eigenvalue weighted by Crippen LogP contribution is 2.24. The van der Waals surface area contributed by atoms with E-state index in [0.29, 0.717) is 23.7 Å². The Labute approximate surface area is 180 Å². The normalized spacial score (nSPS) is 11.4. The molecule has 0 aliphatic heterocycles. The van der Waals surface area contributed by atoms with Crippen LogP contribution in [0.5, 0.6) is 0 Å². The van der Waals surface area contributed by atoms with Gasteiger partial charge in [-0.2, -0.15) is 0 Å². The van der Waals surface area contributed by atoms with Crippen LogP contribution in [0, 0.1) is 11.7 Å². The Bertz CT molecular complexity index is 1030. The minimum atomic E-state index is -0.541. The number of amides is 1. The van der Waals surface area contributed by atoms with Crippen LogP contribution < -0.4 is 0 Å². The molecule has 3 rings (SSSR count). The van der Waals surface area contributed by atoms with Gasteiger partial charge >= 0.3 is 0 Å². The van der Waals surface area contributed by atoms with E-state index in [1.165, 1.54) is 18.2 Å². The van der Waals surface area contributed by atoms with Gasteiger partial charge in [-0.25, -0.2) is 9.37 Å². The summed E-state index contributed by atoms with van der Waals surface area (Å²) in [4.78, 5) is 19.7. The minimum absolute atomic E-state index is 0.0618. The number of imidazole rings is 1. The Morgan fingerprint density at radius 1 is 1.21 bits per heavy atom. The first kappa shape index (κ1) is 21.6. The fraction of sp³-hybridized carbons (Fsp3) is 0.364. The van der Waals surface area contributed by atoms with Crippen LogP contribution >= 0.6 is 23.2 Å². The lowest BCUT2D eigenvalue weighted by molar-refractivity contribution is 0.0716. The molecule has 0 bridgehead atoms. The van der Waals surface area contributed by atoms with Gasteiger partial charge in [0.1, 0.15) is 11.6 Å². The molecule has 0 atom stereocenters. The molecular weight excluding hydrogens is 412 g/mol. The fourth-order valence-electron chi connectivity index (χ4n) is 3.38. The Hall–Kier alpha value is -2.11. The van der Waals surface area contributed by atoms with E-state index in [9.17, 15) is 9.18 Å². The second-order valence-electron chi connectivity index (χ2n) is 7.52. The molecule has 1 aromatic heterocycles. The van der Waals surface area contributed by atoms with Crippen LogP contribution in [0.1, 0.15) is 43.4 Å². The number of carbonyl (C=O) groups is 1. The first-order valence-corrected chi connectivity index (χ1v) is 10.4. The number of benzene rings is 2. The minimum Gasteiger partial charge on any atom is -0.331 e. The van der Waals surface area contributed by atoms with E-state index in [1.807, 2.05) is 32.0 Å². The monoisotopic (exact) mass is 435 g/mol. The molecule has 0 aliphatic carbocycles. The van der Waals surface area contributed by atoms with Crippen molar-refractivity contribution in [3.8, 4) is 0 Å². The third-order valence-corrected chi connectivity index (χ3v) is 5.13. The van der Waals surface area contributed by atoms with Crippen LogP contribution in [0.25, 0.3) is 11.0 Å². The highest BCUT2D eigenvalue weighted by Gasteiger charge is 2.21. The van der Waals surface area contributed by atoms with Crippen LogP contribution in [-0.2, 0) is 13.1 Å². The van der Waals surface area contributed by atoms with E-state index in [-0.39, 0.29) is 16.8 Å². The summed E-state index contributed by atoms with van der Waals surface area (Å²) in [6.07, 6.45) is 0.927. The van der Waals surface area contributed by atoms with Gasteiger partial charge in [-0.15, -0.1) is 0 Å². The van der Waals surface area contributed by atoms with Crippen molar-refractivity contribution in [2.75, 3.05) is 6.54 Å². The van der Waals surface area contributed by atoms with Crippen molar-refractivity contribution >= 4 is 40.1 Å². The molecule has 0 spiro atoms. The summed E-state index contributed by atoms with van der Waals surface area (Å²) in [5, 5.41) is 0.589. The molecule has 7 heteroatoms. The molecule has 0 N–H and O–H groups in total. The maximum atomic E-state index is 13.5. The average Bonchev–Trinajstić information content (AvgIpc) is 2.99. The van der Waals surface area contributed by atoms with Crippen molar-refractivity contribution in [3.63, 3.8) is 0 Å². The quantitative estimate of drug-likeness (QED) is 0.443. The van der Waals surface area contributed by atoms with Crippen LogP contribution in [0.2, 0.25) is 10.0 Å². The van der Waals surface area contributed by atoms with Gasteiger partial charge in [0.15, 0.2) is 0 Å². The molecule has 0 fully saturated rings. The van der Waals surface area contributed by atoms with Crippen LogP contribution in [0.3, 0.4) is 0 Å². The largest absolute Gasteiger partial charge is 0.331 e. The van der Waals surface area contributed by atoms with Gasteiger partial charge in [0.2, 0.25) is 0 Å². The van der Waals surface area contributed by atoms with Crippen LogP contribution in [0.15, 0.2) is 36.4 Å². The number of hydrogen-bond donors (Lipinski definition) is 0. The Balaban J connectivity index is 1.99. The number of halogens is 3. The molecule has 0 radical (unpaired) electrons. The standard InChI is InChI=1S/C22H24Cl2FN3O/c1-4-9-28-20-11-16(23)6-8-19(20)26-21(28)13-27(12-14(2)3)22(29)15-5-7-18(25)17(24)10-15/h5-8,10-11,14H,4,9,12-13H2,1-3H3. The maximum absolute atomic E-state index is 13.5. The summed E-state index contributed by atoms with van der Waals surface area (Å²) < 4.78 is 15.6. The molecule has 0 aliphatic rings. The lowest BCUT2D eigenvalue weighted by Crippen LogP contribution is -2.34. The maximum Gasteiger partial charge on any atom is 0.254 e. The van der Waals surface area contributed by atoms with Crippen molar-refractivity contribution in [1.82, 2.24) is 14.5 Å². The van der Waals surface area contributed by atoms with Gasteiger partial charge in [-0.05, 0) is 48.7 Å². The van der Waals surface area contributed by atoms with Gasteiger partial charge in [0, 0.05) is 23.7 Å². The zero-order valence-corrected chi connectivity index (χ0v) is 18.3. The van der Waals surface area contributed by atoms with E-state index in [4.69, 9.17) is 28.2 Å². The van der Waals surface area contributed by atoms with E-state index < -0.39 is 5.82 Å². The summed E-state index contributed by atoms with van der Waals surface area (Å²) >= 11 is 12.1. The second kappa shape index (κ2) is 9.14. The number of fused-ring (bicyclic) bond motifs is 1. The Morgan fingerprint density at radius 3 is 2.62 bits per heavy atom. The number of hydrogen-bond acceptors (Lipinski definition) is 2. The number of rotatable bonds is 7. The van der Waals surface area contributed by atoms with E-state index in [2.05, 4.69) is 11.5 Å². The fourth-order valence-corrected chi connectivity index (χ4v) is 3.73. The predicted octanol–water partition coefficient (Wildman–Crippen LogP) is 6.19. The summed E-state index contributed by atoms with van der Waals surface area (Å²) in [6.45, 7) is 7.86. The van der Waals surface area contributed by atoms with Gasteiger partial charge in [-0.3, -0.25) is 4.79 Å². The smallest absolute Gasteiger partial charge is 0.254 e. The summed E-state index contributed by atoms with van der Waals surface area (Å²) in [5.41, 5.74) is 2.16. The topological polar surface area (TPSA) is 38.1 Å². The summed E-state index contributed by atoms with van der Waals surface area (Å²) in [7, 11) is 0. The van der Waals surface area contributed by atoms with Crippen molar-refractivity contribution in [2.24, 2.45) is 5.92 Å². The van der Waals surface area contributed by atoms with Gasteiger partial charge in [-0.1, -0.05) is 44.0 Å².